The first-order valence-corrected chi connectivity index (χ1v) is 8.20. The number of nitrogens with zero attached hydrogens (tertiary/aromatic N) is 1. The summed E-state index contributed by atoms with van der Waals surface area (Å²) < 4.78 is 24.4. The van der Waals surface area contributed by atoms with Gasteiger partial charge < -0.3 is 19.9 Å². The van der Waals surface area contributed by atoms with Gasteiger partial charge in [0.25, 0.3) is 0 Å². The Balaban J connectivity index is 1.90. The normalized spacial score (nSPS) is 12.1. The standard InChI is InChI=1S/C18H24FN3O3/c1-10(2)24-16-7-6-14(8-15(16)19)9-20-18(23)21-11(3)17-12(4)22-25-13(17)5/h6-8,10-11H,9H2,1-5H3,(H2,20,21,23). The minimum Gasteiger partial charge on any atom is -0.488 e. The van der Waals surface area contributed by atoms with E-state index in [1.54, 1.807) is 19.1 Å². The molecule has 2 N–H and O–H groups in total. The first-order valence-electron chi connectivity index (χ1n) is 8.20. The van der Waals surface area contributed by atoms with Crippen LogP contribution in [0.5, 0.6) is 5.75 Å². The zero-order valence-corrected chi connectivity index (χ0v) is 15.1. The first kappa shape index (κ1) is 18.8. The van der Waals surface area contributed by atoms with Gasteiger partial charge in [-0.2, -0.15) is 0 Å². The molecule has 1 aromatic heterocycles. The first-order chi connectivity index (χ1) is 11.8. The highest BCUT2D eigenvalue weighted by Crippen LogP contribution is 2.21. The molecule has 136 valence electrons. The van der Waals surface area contributed by atoms with Crippen molar-refractivity contribution in [2.45, 2.75) is 53.3 Å². The number of carbonyl (C=O) groups is 1. The molecule has 0 bridgehead atoms. The number of nitrogens with one attached hydrogen (secondary N) is 2. The average molecular weight is 349 g/mol. The summed E-state index contributed by atoms with van der Waals surface area (Å²) in [4.78, 5) is 12.1. The lowest BCUT2D eigenvalue weighted by Gasteiger charge is -2.15. The van der Waals surface area contributed by atoms with Gasteiger partial charge in [-0.15, -0.1) is 0 Å². The van der Waals surface area contributed by atoms with Crippen LogP contribution in [-0.4, -0.2) is 17.3 Å². The van der Waals surface area contributed by atoms with E-state index in [0.717, 1.165) is 11.3 Å². The monoisotopic (exact) mass is 349 g/mol. The van der Waals surface area contributed by atoms with Crippen molar-refractivity contribution in [3.05, 3.63) is 46.6 Å². The molecule has 2 rings (SSSR count). The third kappa shape index (κ3) is 4.95. The van der Waals surface area contributed by atoms with E-state index in [9.17, 15) is 9.18 Å². The van der Waals surface area contributed by atoms with Gasteiger partial charge >= 0.3 is 6.03 Å². The van der Waals surface area contributed by atoms with Crippen molar-refractivity contribution in [2.24, 2.45) is 0 Å². The molecule has 1 heterocycles. The smallest absolute Gasteiger partial charge is 0.315 e. The summed E-state index contributed by atoms with van der Waals surface area (Å²) in [7, 11) is 0. The van der Waals surface area contributed by atoms with E-state index in [4.69, 9.17) is 9.26 Å². The van der Waals surface area contributed by atoms with E-state index in [1.165, 1.54) is 6.07 Å². The largest absolute Gasteiger partial charge is 0.488 e. The summed E-state index contributed by atoms with van der Waals surface area (Å²) in [5.41, 5.74) is 2.25. The number of urea groups is 1. The topological polar surface area (TPSA) is 76.4 Å². The number of carbonyl (C=O) groups excluding carboxylic acids is 1. The highest BCUT2D eigenvalue weighted by molar-refractivity contribution is 5.74. The van der Waals surface area contributed by atoms with Gasteiger partial charge in [0, 0.05) is 12.1 Å². The van der Waals surface area contributed by atoms with Crippen LogP contribution >= 0.6 is 0 Å². The number of amides is 2. The summed E-state index contributed by atoms with van der Waals surface area (Å²) in [6.07, 6.45) is -0.102. The molecule has 0 radical (unpaired) electrons. The molecule has 1 aromatic carbocycles. The molecule has 0 spiro atoms. The maximum absolute atomic E-state index is 13.9. The molecular formula is C18H24FN3O3. The van der Waals surface area contributed by atoms with Crippen LogP contribution in [0.2, 0.25) is 0 Å². The van der Waals surface area contributed by atoms with Gasteiger partial charge in [0.2, 0.25) is 0 Å². The zero-order valence-electron chi connectivity index (χ0n) is 15.1. The van der Waals surface area contributed by atoms with E-state index in [2.05, 4.69) is 15.8 Å². The molecule has 2 amide bonds. The predicted molar refractivity (Wildman–Crippen MR) is 91.9 cm³/mol. The number of benzene rings is 1. The molecule has 0 aliphatic heterocycles. The Morgan fingerprint density at radius 2 is 2.04 bits per heavy atom. The van der Waals surface area contributed by atoms with Crippen LogP contribution in [-0.2, 0) is 6.54 Å². The fourth-order valence-corrected chi connectivity index (χ4v) is 2.61. The maximum atomic E-state index is 13.9. The van der Waals surface area contributed by atoms with Crippen molar-refractivity contribution in [3.8, 4) is 5.75 Å². The third-order valence-electron chi connectivity index (χ3n) is 3.68. The Bertz CT molecular complexity index is 724. The molecule has 0 saturated heterocycles. The molecule has 1 unspecified atom stereocenters. The number of hydrogen-bond acceptors (Lipinski definition) is 4. The van der Waals surface area contributed by atoms with Gasteiger partial charge in [0.15, 0.2) is 11.6 Å². The van der Waals surface area contributed by atoms with Crippen molar-refractivity contribution < 1.29 is 18.4 Å². The van der Waals surface area contributed by atoms with E-state index in [-0.39, 0.29) is 30.5 Å². The van der Waals surface area contributed by atoms with Gasteiger partial charge in [0.1, 0.15) is 5.76 Å². The van der Waals surface area contributed by atoms with Crippen LogP contribution in [0.3, 0.4) is 0 Å². The highest BCUT2D eigenvalue weighted by atomic mass is 19.1. The van der Waals surface area contributed by atoms with Crippen molar-refractivity contribution in [3.63, 3.8) is 0 Å². The number of halogens is 1. The van der Waals surface area contributed by atoms with E-state index < -0.39 is 5.82 Å². The summed E-state index contributed by atoms with van der Waals surface area (Å²) in [6, 6.07) is 4.05. The quantitative estimate of drug-likeness (QED) is 0.832. The van der Waals surface area contributed by atoms with Crippen molar-refractivity contribution in [1.82, 2.24) is 15.8 Å². The molecule has 2 aromatic rings. The Hall–Kier alpha value is -2.57. The van der Waals surface area contributed by atoms with Gasteiger partial charge in [-0.3, -0.25) is 0 Å². The summed E-state index contributed by atoms with van der Waals surface area (Å²) >= 11 is 0. The summed E-state index contributed by atoms with van der Waals surface area (Å²) in [6.45, 7) is 9.35. The van der Waals surface area contributed by atoms with Crippen LogP contribution < -0.4 is 15.4 Å². The van der Waals surface area contributed by atoms with E-state index in [0.29, 0.717) is 11.3 Å². The Kier molecular flexibility index (Phi) is 6.01. The lowest BCUT2D eigenvalue weighted by atomic mass is 10.1. The second-order valence-electron chi connectivity index (χ2n) is 6.22. The highest BCUT2D eigenvalue weighted by Gasteiger charge is 2.18. The molecule has 25 heavy (non-hydrogen) atoms. The van der Waals surface area contributed by atoms with E-state index >= 15 is 0 Å². The number of aromatic nitrogens is 1. The van der Waals surface area contributed by atoms with Gasteiger partial charge in [-0.05, 0) is 52.3 Å². The molecule has 0 aliphatic carbocycles. The second-order valence-corrected chi connectivity index (χ2v) is 6.22. The van der Waals surface area contributed by atoms with Crippen molar-refractivity contribution in [1.29, 1.82) is 0 Å². The van der Waals surface area contributed by atoms with Gasteiger partial charge in [0.05, 0.1) is 17.8 Å². The van der Waals surface area contributed by atoms with Crippen molar-refractivity contribution in [2.75, 3.05) is 0 Å². The number of rotatable bonds is 6. The SMILES string of the molecule is Cc1noc(C)c1C(C)NC(=O)NCc1ccc(OC(C)C)c(F)c1. The summed E-state index contributed by atoms with van der Waals surface area (Å²) in [5.74, 6) is 0.431. The Labute approximate surface area is 146 Å². The van der Waals surface area contributed by atoms with Crippen LogP contribution in [0.1, 0.15) is 49.4 Å². The maximum Gasteiger partial charge on any atom is 0.315 e. The third-order valence-corrected chi connectivity index (χ3v) is 3.68. The van der Waals surface area contributed by atoms with E-state index in [1.807, 2.05) is 27.7 Å². The van der Waals surface area contributed by atoms with Crippen molar-refractivity contribution >= 4 is 6.03 Å². The Morgan fingerprint density at radius 3 is 2.60 bits per heavy atom. The van der Waals surface area contributed by atoms with Crippen LogP contribution in [0.25, 0.3) is 0 Å². The molecular weight excluding hydrogens is 325 g/mol. The van der Waals surface area contributed by atoms with Crippen LogP contribution in [0.15, 0.2) is 22.7 Å². The lowest BCUT2D eigenvalue weighted by molar-refractivity contribution is 0.231. The summed E-state index contributed by atoms with van der Waals surface area (Å²) in [5, 5.41) is 9.40. The Morgan fingerprint density at radius 1 is 1.32 bits per heavy atom. The molecule has 7 heteroatoms. The second kappa shape index (κ2) is 8.00. The zero-order chi connectivity index (χ0) is 18.6. The lowest BCUT2D eigenvalue weighted by Crippen LogP contribution is -2.36. The van der Waals surface area contributed by atoms with Crippen LogP contribution in [0.4, 0.5) is 9.18 Å². The van der Waals surface area contributed by atoms with Gasteiger partial charge in [-0.25, -0.2) is 9.18 Å². The molecule has 0 aliphatic rings. The predicted octanol–water partition coefficient (Wildman–Crippen LogP) is 3.78. The number of aryl methyl sites for hydroxylation is 2. The molecule has 0 saturated carbocycles. The molecule has 0 fully saturated rings. The average Bonchev–Trinajstić information content (AvgIpc) is 2.86. The number of hydrogen-bond donors (Lipinski definition) is 2. The number of ether oxygens (including phenoxy) is 1. The molecule has 1 atom stereocenters. The van der Waals surface area contributed by atoms with Crippen LogP contribution in [0, 0.1) is 19.7 Å². The van der Waals surface area contributed by atoms with Gasteiger partial charge in [-0.1, -0.05) is 11.2 Å². The minimum atomic E-state index is -0.447. The fourth-order valence-electron chi connectivity index (χ4n) is 2.61. The molecule has 6 nitrogen and oxygen atoms in total. The minimum absolute atomic E-state index is 0.102. The fraction of sp³-hybridized carbons (Fsp3) is 0.444.